The van der Waals surface area contributed by atoms with Crippen molar-refractivity contribution in [2.75, 3.05) is 13.2 Å². The Morgan fingerprint density at radius 3 is 1.56 bits per heavy atom. The van der Waals surface area contributed by atoms with Crippen LogP contribution in [0.25, 0.3) is 0 Å². The van der Waals surface area contributed by atoms with Crippen molar-refractivity contribution in [3.8, 4) is 0 Å². The lowest BCUT2D eigenvalue weighted by atomic mass is 9.33. The Morgan fingerprint density at radius 1 is 0.517 bits per heavy atom. The molecule has 5 heterocycles. The predicted octanol–water partition coefficient (Wildman–Crippen LogP) is -2.62. The van der Waals surface area contributed by atoms with Crippen molar-refractivity contribution in [2.45, 2.75) is 292 Å². The van der Waals surface area contributed by atoms with Gasteiger partial charge in [-0.15, -0.1) is 0 Å². The molecule has 5 aliphatic carbocycles. The van der Waals surface area contributed by atoms with E-state index in [1.54, 1.807) is 6.92 Å². The summed E-state index contributed by atoms with van der Waals surface area (Å²) in [6.07, 6.45) is -38.6. The first kappa shape index (κ1) is 68.1. The van der Waals surface area contributed by atoms with Crippen LogP contribution in [0.15, 0.2) is 11.6 Å². The molecule has 87 heavy (non-hydrogen) atoms. The summed E-state index contributed by atoms with van der Waals surface area (Å²) in [6.45, 7) is 18.0. The molecule has 9 fully saturated rings. The fourth-order valence-corrected chi connectivity index (χ4v) is 18.0. The van der Waals surface area contributed by atoms with E-state index in [0.29, 0.717) is 32.1 Å². The van der Waals surface area contributed by atoms with Gasteiger partial charge in [0.25, 0.3) is 0 Å². The number of carboxylic acid groups (broad SMARTS) is 1. The van der Waals surface area contributed by atoms with Gasteiger partial charge in [0.1, 0.15) is 97.7 Å². The molecule has 10 rings (SSSR count). The number of hydrogen-bond donors (Lipinski definition) is 16. The standard InChI is InChI=1S/C60H98O27/c1-22-31(63)35(67)40(72)50(78-22)83-43-34(66)27(20-61)81-54(46(43)86-51-41(73)36(68)32(64)23(2)79-51)85-45-39(71)38(70)44(49(76)77)84-53(45)82-30-14-15-57(7)28(58(30,8)21-62)13-16-60(10)29(57)12-11-25-26-19-55(4,5)48(47(75)56(26,6)17-18-59(25,60)9)87-52-42(74)37(69)33(65)24(3)80-52/h11,22-24,26-48,50-54,61-75H,12-21H2,1-10H3,(H,76,77). The Kier molecular flexibility index (Phi) is 19.2. The maximum atomic E-state index is 12.8. The molecule has 500 valence electrons. The molecule has 0 aromatic heterocycles. The third-order valence-corrected chi connectivity index (χ3v) is 23.9. The van der Waals surface area contributed by atoms with E-state index < -0.39 is 213 Å². The molecule has 0 aromatic carbocycles. The molecule has 5 aliphatic heterocycles. The molecule has 27 nitrogen and oxygen atoms in total. The normalized spacial score (nSPS) is 56.9. The lowest BCUT2D eigenvalue weighted by Crippen LogP contribution is -2.69. The van der Waals surface area contributed by atoms with Gasteiger partial charge >= 0.3 is 5.97 Å². The number of aliphatic hydroxyl groups excluding tert-OH is 15. The third kappa shape index (κ3) is 11.0. The van der Waals surface area contributed by atoms with Crippen molar-refractivity contribution in [3.63, 3.8) is 0 Å². The summed E-state index contributed by atoms with van der Waals surface area (Å²) in [5, 5.41) is 177. The van der Waals surface area contributed by atoms with Gasteiger partial charge in [0.2, 0.25) is 0 Å². The minimum absolute atomic E-state index is 0.0581. The van der Waals surface area contributed by atoms with Crippen molar-refractivity contribution in [1.82, 2.24) is 0 Å². The van der Waals surface area contributed by atoms with E-state index in [1.807, 2.05) is 20.8 Å². The van der Waals surface area contributed by atoms with Gasteiger partial charge in [-0.1, -0.05) is 60.1 Å². The first-order valence-electron chi connectivity index (χ1n) is 31.1. The van der Waals surface area contributed by atoms with Crippen LogP contribution in [0.2, 0.25) is 0 Å². The number of allylic oxidation sites excluding steroid dienone is 2. The number of ether oxygens (including phenoxy) is 10. The Labute approximate surface area is 506 Å². The first-order valence-corrected chi connectivity index (χ1v) is 31.1. The Morgan fingerprint density at radius 2 is 1.03 bits per heavy atom. The van der Waals surface area contributed by atoms with Crippen molar-refractivity contribution < 1.29 is 134 Å². The molecule has 0 spiro atoms. The highest BCUT2D eigenvalue weighted by molar-refractivity contribution is 5.73. The topological polar surface area (TPSA) is 433 Å². The fraction of sp³-hybridized carbons (Fsp3) is 0.950. The summed E-state index contributed by atoms with van der Waals surface area (Å²) in [4.78, 5) is 12.8. The zero-order chi connectivity index (χ0) is 63.9. The smallest absolute Gasteiger partial charge is 0.335 e. The Balaban J connectivity index is 0.927. The molecule has 36 atom stereocenters. The number of aliphatic hydroxyl groups is 15. The Hall–Kier alpha value is -1.79. The van der Waals surface area contributed by atoms with E-state index in [9.17, 15) is 86.5 Å². The number of carboxylic acids is 1. The molecule has 0 aromatic rings. The molecule has 0 radical (unpaired) electrons. The van der Waals surface area contributed by atoms with E-state index in [1.165, 1.54) is 19.4 Å². The quantitative estimate of drug-likeness (QED) is 0.0663. The molecule has 10 aliphatic rings. The monoisotopic (exact) mass is 1250 g/mol. The minimum atomic E-state index is -2.20. The van der Waals surface area contributed by atoms with Crippen LogP contribution in [-0.2, 0) is 52.2 Å². The van der Waals surface area contributed by atoms with Gasteiger partial charge in [0.15, 0.2) is 37.6 Å². The second kappa shape index (κ2) is 24.5. The molecule has 0 bridgehead atoms. The summed E-state index contributed by atoms with van der Waals surface area (Å²) >= 11 is 0. The van der Waals surface area contributed by atoms with Gasteiger partial charge in [-0.3, -0.25) is 0 Å². The van der Waals surface area contributed by atoms with Crippen molar-refractivity contribution in [2.24, 2.45) is 50.2 Å². The third-order valence-electron chi connectivity index (χ3n) is 23.9. The zero-order valence-electron chi connectivity index (χ0n) is 51.2. The first-order chi connectivity index (χ1) is 40.6. The van der Waals surface area contributed by atoms with Gasteiger partial charge in [0.05, 0.1) is 49.8 Å². The number of hydrogen-bond acceptors (Lipinski definition) is 26. The van der Waals surface area contributed by atoms with Gasteiger partial charge < -0.3 is 129 Å². The van der Waals surface area contributed by atoms with Crippen LogP contribution in [0.1, 0.15) is 121 Å². The number of carbonyl (C=O) groups is 1. The van der Waals surface area contributed by atoms with E-state index >= 15 is 0 Å². The van der Waals surface area contributed by atoms with E-state index in [0.717, 1.165) is 12.8 Å². The molecular formula is C60H98O27. The second-order valence-electron chi connectivity index (χ2n) is 29.2. The van der Waals surface area contributed by atoms with Crippen LogP contribution < -0.4 is 0 Å². The molecule has 16 N–H and O–H groups in total. The Bertz CT molecular complexity index is 2460. The lowest BCUT2D eigenvalue weighted by molar-refractivity contribution is -0.410. The van der Waals surface area contributed by atoms with Gasteiger partial charge in [0, 0.05) is 10.8 Å². The van der Waals surface area contributed by atoms with E-state index in [4.69, 9.17) is 47.4 Å². The molecule has 27 heteroatoms. The number of aliphatic carboxylic acids is 1. The summed E-state index contributed by atoms with van der Waals surface area (Å²) in [7, 11) is 0. The summed E-state index contributed by atoms with van der Waals surface area (Å²) in [5.41, 5.74) is -2.17. The molecule has 0 amide bonds. The van der Waals surface area contributed by atoms with Gasteiger partial charge in [-0.2, -0.15) is 0 Å². The molecule has 4 saturated carbocycles. The minimum Gasteiger partial charge on any atom is -0.479 e. The number of rotatable bonds is 13. The van der Waals surface area contributed by atoms with Crippen LogP contribution in [0, 0.1) is 50.2 Å². The van der Waals surface area contributed by atoms with Crippen LogP contribution >= 0.6 is 0 Å². The van der Waals surface area contributed by atoms with Crippen LogP contribution in [-0.4, -0.2) is 273 Å². The zero-order valence-corrected chi connectivity index (χ0v) is 51.2. The predicted molar refractivity (Wildman–Crippen MR) is 294 cm³/mol. The van der Waals surface area contributed by atoms with Crippen molar-refractivity contribution in [1.29, 1.82) is 0 Å². The average molecular weight is 1250 g/mol. The summed E-state index contributed by atoms with van der Waals surface area (Å²) in [5.74, 6) is -1.90. The number of fused-ring (bicyclic) bond motifs is 7. The van der Waals surface area contributed by atoms with Crippen LogP contribution in [0.4, 0.5) is 0 Å². The average Bonchev–Trinajstić information content (AvgIpc) is 0.680. The summed E-state index contributed by atoms with van der Waals surface area (Å²) in [6, 6.07) is 0. The largest absolute Gasteiger partial charge is 0.479 e. The van der Waals surface area contributed by atoms with E-state index in [2.05, 4.69) is 33.8 Å². The molecule has 5 saturated heterocycles. The summed E-state index contributed by atoms with van der Waals surface area (Å²) < 4.78 is 61.6. The highest BCUT2D eigenvalue weighted by atomic mass is 16.8. The van der Waals surface area contributed by atoms with Crippen LogP contribution in [0.5, 0.6) is 0 Å². The fourth-order valence-electron chi connectivity index (χ4n) is 18.0. The van der Waals surface area contributed by atoms with Gasteiger partial charge in [-0.25, -0.2) is 4.79 Å². The van der Waals surface area contributed by atoms with Crippen LogP contribution in [0.3, 0.4) is 0 Å². The molecule has 36 unspecified atom stereocenters. The van der Waals surface area contributed by atoms with Crippen molar-refractivity contribution >= 4 is 5.97 Å². The maximum absolute atomic E-state index is 12.8. The van der Waals surface area contributed by atoms with E-state index in [-0.39, 0.29) is 35.0 Å². The second-order valence-corrected chi connectivity index (χ2v) is 29.2. The van der Waals surface area contributed by atoms with Gasteiger partial charge in [-0.05, 0) is 112 Å². The highest BCUT2D eigenvalue weighted by Gasteiger charge is 2.71. The van der Waals surface area contributed by atoms with Crippen molar-refractivity contribution in [3.05, 3.63) is 11.6 Å². The maximum Gasteiger partial charge on any atom is 0.335 e. The highest BCUT2D eigenvalue weighted by Crippen LogP contribution is 2.76. The SMILES string of the molecule is CC1OC(OC2C(OC3C(OC4CCC5(C)C(CCC6(C)C5CC=C5C7CC(C)(C)C(OC8OC(C)C(O)C(O)C8O)C(O)C7(C)CCC56C)C4(C)CO)OC(C(=O)O)C(O)C3O)OC(CO)C(O)C2OC2OC(C)C(O)C(O)C2O)C(O)C(O)C1O. The lowest BCUT2D eigenvalue weighted by Gasteiger charge is -2.72. The molecular weight excluding hydrogens is 1150 g/mol.